The van der Waals surface area contributed by atoms with E-state index in [1.165, 1.54) is 0 Å². The minimum absolute atomic E-state index is 0.321. The quantitative estimate of drug-likeness (QED) is 0.868. The maximum atomic E-state index is 10.2. The van der Waals surface area contributed by atoms with Gasteiger partial charge in [0.05, 0.1) is 11.3 Å². The first kappa shape index (κ1) is 13.6. The highest BCUT2D eigenvalue weighted by Gasteiger charge is 2.22. The Morgan fingerprint density at radius 2 is 1.89 bits per heavy atom. The molecule has 0 aliphatic rings. The van der Waals surface area contributed by atoms with Gasteiger partial charge in [0.2, 0.25) is 0 Å². The Bertz CT molecular complexity index is 487. The summed E-state index contributed by atoms with van der Waals surface area (Å²) >= 11 is 0. The van der Waals surface area contributed by atoms with Crippen molar-refractivity contribution in [3.8, 4) is 11.4 Å². The minimum atomic E-state index is -0.735. The van der Waals surface area contributed by atoms with Crippen LogP contribution in [0.1, 0.15) is 26.7 Å². The number of aliphatic hydroxyl groups is 1. The maximum Gasteiger partial charge on any atom is 0.119 e. The van der Waals surface area contributed by atoms with Gasteiger partial charge in [0.15, 0.2) is 0 Å². The molecule has 0 fully saturated rings. The van der Waals surface area contributed by atoms with Crippen LogP contribution in [-0.4, -0.2) is 27.1 Å². The van der Waals surface area contributed by atoms with E-state index in [2.05, 4.69) is 5.10 Å². The molecule has 19 heavy (non-hydrogen) atoms. The minimum Gasteiger partial charge on any atom is -0.491 e. The molecule has 2 aromatic rings. The van der Waals surface area contributed by atoms with Crippen molar-refractivity contribution in [2.24, 2.45) is 0 Å². The number of benzene rings is 1. The van der Waals surface area contributed by atoms with Crippen LogP contribution in [0.4, 0.5) is 0 Å². The molecule has 0 aliphatic heterocycles. The van der Waals surface area contributed by atoms with Crippen LogP contribution in [0.3, 0.4) is 0 Å². The SMILES string of the molecule is CCC(O)(CC)COc1ccc(-n2cccn2)cc1. The number of ether oxygens (including phenoxy) is 1. The fourth-order valence-corrected chi connectivity index (χ4v) is 1.79. The Morgan fingerprint density at radius 3 is 2.42 bits per heavy atom. The fraction of sp³-hybridized carbons (Fsp3) is 0.400. The summed E-state index contributed by atoms with van der Waals surface area (Å²) in [5.74, 6) is 0.760. The molecule has 0 saturated heterocycles. The van der Waals surface area contributed by atoms with Crippen LogP contribution in [0.5, 0.6) is 5.75 Å². The molecule has 4 nitrogen and oxygen atoms in total. The first-order valence-corrected chi connectivity index (χ1v) is 6.62. The zero-order chi connectivity index (χ0) is 13.7. The molecule has 1 aromatic heterocycles. The monoisotopic (exact) mass is 260 g/mol. The van der Waals surface area contributed by atoms with Gasteiger partial charge in [0.25, 0.3) is 0 Å². The van der Waals surface area contributed by atoms with Gasteiger partial charge in [-0.25, -0.2) is 4.68 Å². The Balaban J connectivity index is 2.00. The smallest absolute Gasteiger partial charge is 0.119 e. The molecule has 0 atom stereocenters. The first-order valence-electron chi connectivity index (χ1n) is 6.62. The lowest BCUT2D eigenvalue weighted by Gasteiger charge is -2.25. The average Bonchev–Trinajstić information content (AvgIpc) is 2.99. The van der Waals surface area contributed by atoms with Gasteiger partial charge in [0.1, 0.15) is 12.4 Å². The Kier molecular flexibility index (Phi) is 4.22. The van der Waals surface area contributed by atoms with E-state index in [-0.39, 0.29) is 0 Å². The summed E-state index contributed by atoms with van der Waals surface area (Å²) in [5, 5.41) is 14.3. The predicted molar refractivity (Wildman–Crippen MR) is 74.6 cm³/mol. The Morgan fingerprint density at radius 1 is 1.21 bits per heavy atom. The lowest BCUT2D eigenvalue weighted by molar-refractivity contribution is -0.0113. The summed E-state index contributed by atoms with van der Waals surface area (Å²) in [6, 6.07) is 9.55. The predicted octanol–water partition coefficient (Wildman–Crippen LogP) is 2.80. The molecule has 0 aliphatic carbocycles. The molecular formula is C15H20N2O2. The van der Waals surface area contributed by atoms with Crippen molar-refractivity contribution in [3.63, 3.8) is 0 Å². The van der Waals surface area contributed by atoms with Crippen LogP contribution in [0, 0.1) is 0 Å². The van der Waals surface area contributed by atoms with E-state index in [1.54, 1.807) is 10.9 Å². The average molecular weight is 260 g/mol. The molecule has 0 saturated carbocycles. The van der Waals surface area contributed by atoms with Crippen LogP contribution in [0.2, 0.25) is 0 Å². The van der Waals surface area contributed by atoms with Crippen LogP contribution >= 0.6 is 0 Å². The van der Waals surface area contributed by atoms with E-state index in [9.17, 15) is 5.11 Å². The highest BCUT2D eigenvalue weighted by molar-refractivity contribution is 5.36. The van der Waals surface area contributed by atoms with Gasteiger partial charge in [-0.1, -0.05) is 13.8 Å². The van der Waals surface area contributed by atoms with Crippen molar-refractivity contribution >= 4 is 0 Å². The zero-order valence-corrected chi connectivity index (χ0v) is 11.4. The third kappa shape index (κ3) is 3.35. The summed E-state index contributed by atoms with van der Waals surface area (Å²) in [6.07, 6.45) is 5.01. The highest BCUT2D eigenvalue weighted by Crippen LogP contribution is 2.19. The van der Waals surface area contributed by atoms with Gasteiger partial charge in [-0.3, -0.25) is 0 Å². The van der Waals surface area contributed by atoms with Crippen molar-refractivity contribution < 1.29 is 9.84 Å². The second-order valence-corrected chi connectivity index (χ2v) is 4.66. The largest absolute Gasteiger partial charge is 0.491 e. The summed E-state index contributed by atoms with van der Waals surface area (Å²) in [4.78, 5) is 0. The van der Waals surface area contributed by atoms with Crippen LogP contribution in [0.15, 0.2) is 42.7 Å². The van der Waals surface area contributed by atoms with E-state index < -0.39 is 5.60 Å². The highest BCUT2D eigenvalue weighted by atomic mass is 16.5. The number of hydrogen-bond acceptors (Lipinski definition) is 3. The van der Waals surface area contributed by atoms with Gasteiger partial charge >= 0.3 is 0 Å². The number of aromatic nitrogens is 2. The molecule has 1 heterocycles. The topological polar surface area (TPSA) is 47.3 Å². The molecule has 1 aromatic carbocycles. The second kappa shape index (κ2) is 5.89. The van der Waals surface area contributed by atoms with Gasteiger partial charge in [-0.2, -0.15) is 5.10 Å². The van der Waals surface area contributed by atoms with Gasteiger partial charge < -0.3 is 9.84 Å². The third-order valence-electron chi connectivity index (χ3n) is 3.43. The van der Waals surface area contributed by atoms with Crippen LogP contribution < -0.4 is 4.74 Å². The van der Waals surface area contributed by atoms with Crippen molar-refractivity contribution in [2.45, 2.75) is 32.3 Å². The van der Waals surface area contributed by atoms with Crippen molar-refractivity contribution in [1.29, 1.82) is 0 Å². The summed E-state index contributed by atoms with van der Waals surface area (Å²) in [7, 11) is 0. The number of hydrogen-bond donors (Lipinski definition) is 1. The fourth-order valence-electron chi connectivity index (χ4n) is 1.79. The lowest BCUT2D eigenvalue weighted by Crippen LogP contribution is -2.34. The van der Waals surface area contributed by atoms with E-state index in [1.807, 2.05) is 50.4 Å². The number of nitrogens with zero attached hydrogens (tertiary/aromatic N) is 2. The lowest BCUT2D eigenvalue weighted by atomic mass is 9.99. The van der Waals surface area contributed by atoms with E-state index >= 15 is 0 Å². The first-order chi connectivity index (χ1) is 9.17. The molecular weight excluding hydrogens is 240 g/mol. The Labute approximate surface area is 113 Å². The standard InChI is InChI=1S/C15H20N2O2/c1-3-15(18,4-2)12-19-14-8-6-13(7-9-14)17-11-5-10-16-17/h5-11,18H,3-4,12H2,1-2H3. The van der Waals surface area contributed by atoms with Crippen molar-refractivity contribution in [3.05, 3.63) is 42.7 Å². The molecule has 4 heteroatoms. The summed E-state index contributed by atoms with van der Waals surface area (Å²) < 4.78 is 7.44. The van der Waals surface area contributed by atoms with Crippen LogP contribution in [0.25, 0.3) is 5.69 Å². The van der Waals surface area contributed by atoms with E-state index in [4.69, 9.17) is 4.74 Å². The molecule has 1 N–H and O–H groups in total. The van der Waals surface area contributed by atoms with Crippen molar-refractivity contribution in [2.75, 3.05) is 6.61 Å². The van der Waals surface area contributed by atoms with Gasteiger partial charge in [-0.05, 0) is 43.2 Å². The summed E-state index contributed by atoms with van der Waals surface area (Å²) in [5.41, 5.74) is 0.249. The second-order valence-electron chi connectivity index (χ2n) is 4.66. The molecule has 2 rings (SSSR count). The molecule has 0 amide bonds. The zero-order valence-electron chi connectivity index (χ0n) is 11.4. The van der Waals surface area contributed by atoms with Crippen LogP contribution in [-0.2, 0) is 0 Å². The Hall–Kier alpha value is -1.81. The van der Waals surface area contributed by atoms with Gasteiger partial charge in [-0.15, -0.1) is 0 Å². The molecule has 0 radical (unpaired) electrons. The van der Waals surface area contributed by atoms with E-state index in [0.717, 1.165) is 11.4 Å². The van der Waals surface area contributed by atoms with Gasteiger partial charge in [0, 0.05) is 12.4 Å². The van der Waals surface area contributed by atoms with Crippen molar-refractivity contribution in [1.82, 2.24) is 9.78 Å². The normalized spacial score (nSPS) is 11.5. The summed E-state index contributed by atoms with van der Waals surface area (Å²) in [6.45, 7) is 4.25. The third-order valence-corrected chi connectivity index (χ3v) is 3.43. The molecule has 0 spiro atoms. The maximum absolute atomic E-state index is 10.2. The molecule has 0 unspecified atom stereocenters. The molecule has 0 bridgehead atoms. The molecule has 102 valence electrons. The van der Waals surface area contributed by atoms with E-state index in [0.29, 0.717) is 19.4 Å². The number of rotatable bonds is 6.